The van der Waals surface area contributed by atoms with E-state index in [2.05, 4.69) is 10.6 Å². The maximum atomic E-state index is 14.2. The third kappa shape index (κ3) is 4.79. The van der Waals surface area contributed by atoms with Crippen molar-refractivity contribution in [2.75, 3.05) is 0 Å². The molecule has 0 radical (unpaired) electrons. The second-order valence-electron chi connectivity index (χ2n) is 6.85. The van der Waals surface area contributed by atoms with Crippen LogP contribution in [0.3, 0.4) is 0 Å². The van der Waals surface area contributed by atoms with Crippen molar-refractivity contribution in [3.05, 3.63) is 88.6 Å². The van der Waals surface area contributed by atoms with E-state index in [1.807, 2.05) is 0 Å². The molecule has 3 rings (SSSR count). The second-order valence-corrected chi connectivity index (χ2v) is 6.85. The fraction of sp³-hybridized carbons (Fsp3) is 0.190. The van der Waals surface area contributed by atoms with E-state index in [0.29, 0.717) is 11.6 Å². The lowest BCUT2D eigenvalue weighted by atomic mass is 9.94. The molecule has 0 fully saturated rings. The summed E-state index contributed by atoms with van der Waals surface area (Å²) in [4.78, 5) is 12.1. The average Bonchev–Trinajstić information content (AvgIpc) is 2.65. The fourth-order valence-electron chi connectivity index (χ4n) is 3.06. The highest BCUT2D eigenvalue weighted by Gasteiger charge is 2.38. The molecule has 1 aromatic rings. The quantitative estimate of drug-likeness (QED) is 0.640. The van der Waals surface area contributed by atoms with Gasteiger partial charge in [0.05, 0.1) is 11.6 Å². The number of nitrogens with one attached hydrogen (secondary N) is 2. The van der Waals surface area contributed by atoms with Gasteiger partial charge in [0.15, 0.2) is 0 Å². The van der Waals surface area contributed by atoms with Crippen LogP contribution < -0.4 is 16.4 Å². The van der Waals surface area contributed by atoms with Crippen molar-refractivity contribution >= 4 is 11.5 Å². The number of benzene rings is 1. The van der Waals surface area contributed by atoms with Gasteiger partial charge in [-0.15, -0.1) is 0 Å². The number of rotatable bonds is 3. The second kappa shape index (κ2) is 8.17. The number of alkyl halides is 3. The molecule has 0 bridgehead atoms. The monoisotopic (exact) mass is 423 g/mol. The van der Waals surface area contributed by atoms with Crippen molar-refractivity contribution in [2.24, 2.45) is 11.7 Å². The highest BCUT2D eigenvalue weighted by atomic mass is 19.4. The lowest BCUT2D eigenvalue weighted by Gasteiger charge is -2.24. The van der Waals surface area contributed by atoms with Gasteiger partial charge in [0, 0.05) is 29.0 Å². The normalized spacial score (nSPS) is 21.5. The van der Waals surface area contributed by atoms with Crippen molar-refractivity contribution in [3.8, 4) is 0 Å². The van der Waals surface area contributed by atoms with Crippen LogP contribution in [0.4, 0.5) is 22.0 Å². The first-order valence-corrected chi connectivity index (χ1v) is 8.93. The summed E-state index contributed by atoms with van der Waals surface area (Å²) in [7, 11) is 0. The van der Waals surface area contributed by atoms with Gasteiger partial charge in [-0.3, -0.25) is 4.79 Å². The number of hydrogen-bond acceptors (Lipinski definition) is 3. The molecule has 1 unspecified atom stereocenters. The van der Waals surface area contributed by atoms with Gasteiger partial charge >= 0.3 is 6.18 Å². The molecule has 1 aromatic carbocycles. The van der Waals surface area contributed by atoms with E-state index in [4.69, 9.17) is 5.73 Å². The number of amides is 1. The molecule has 0 aromatic heterocycles. The van der Waals surface area contributed by atoms with E-state index < -0.39 is 29.6 Å². The Morgan fingerprint density at radius 3 is 2.53 bits per heavy atom. The molecule has 0 saturated carbocycles. The number of carbonyl (C=O) groups excluding carboxylic acids is 1. The summed E-state index contributed by atoms with van der Waals surface area (Å²) in [6.07, 6.45) is 1.71. The van der Waals surface area contributed by atoms with Crippen LogP contribution in [0.1, 0.15) is 18.9 Å². The lowest BCUT2D eigenvalue weighted by Crippen LogP contribution is -2.36. The minimum atomic E-state index is -4.34. The summed E-state index contributed by atoms with van der Waals surface area (Å²) in [5.41, 5.74) is 7.01. The summed E-state index contributed by atoms with van der Waals surface area (Å²) in [5, 5.41) is 5.42. The Labute approximate surface area is 169 Å². The average molecular weight is 423 g/mol. The zero-order chi connectivity index (χ0) is 22.1. The molecule has 1 aliphatic carbocycles. The Bertz CT molecular complexity index is 1030. The van der Waals surface area contributed by atoms with Gasteiger partial charge < -0.3 is 16.4 Å². The van der Waals surface area contributed by atoms with E-state index in [1.54, 1.807) is 0 Å². The summed E-state index contributed by atoms with van der Waals surface area (Å²) >= 11 is 0. The molecule has 1 atom stereocenters. The van der Waals surface area contributed by atoms with Crippen LogP contribution in [0, 0.1) is 17.6 Å². The Kier molecular flexibility index (Phi) is 5.82. The highest BCUT2D eigenvalue weighted by molar-refractivity contribution is 5.92. The maximum Gasteiger partial charge on any atom is 0.395 e. The predicted molar refractivity (Wildman–Crippen MR) is 102 cm³/mol. The predicted octanol–water partition coefficient (Wildman–Crippen LogP) is 4.16. The molecule has 1 amide bonds. The van der Waals surface area contributed by atoms with Crippen molar-refractivity contribution in [3.63, 3.8) is 0 Å². The minimum Gasteiger partial charge on any atom is -0.402 e. The Hall–Kier alpha value is -3.36. The first-order chi connectivity index (χ1) is 14.0. The van der Waals surface area contributed by atoms with Crippen molar-refractivity contribution in [1.82, 2.24) is 10.6 Å². The first-order valence-electron chi connectivity index (χ1n) is 8.93. The van der Waals surface area contributed by atoms with Gasteiger partial charge in [-0.1, -0.05) is 18.2 Å². The van der Waals surface area contributed by atoms with E-state index in [0.717, 1.165) is 12.1 Å². The smallest absolute Gasteiger partial charge is 0.395 e. The van der Waals surface area contributed by atoms with Crippen molar-refractivity contribution in [2.45, 2.75) is 19.5 Å². The molecule has 4 nitrogen and oxygen atoms in total. The van der Waals surface area contributed by atoms with Crippen LogP contribution in [0.2, 0.25) is 0 Å². The fourth-order valence-corrected chi connectivity index (χ4v) is 3.06. The van der Waals surface area contributed by atoms with Crippen LogP contribution in [0.25, 0.3) is 5.57 Å². The standard InChI is InChI=1S/C21H18F5N3O/c1-11(27)16(15-7-6-14(22)8-17(15)23)9-19-28-18(10-20(30)29-19)12-2-4-13(5-3-12)21(24,25)26/h2-4,6-10,13,28H,5,27H2,1H3,(H,29,30)/b16-11+,19-9-. The van der Waals surface area contributed by atoms with Crippen LogP contribution in [-0.2, 0) is 4.79 Å². The van der Waals surface area contributed by atoms with E-state index in [9.17, 15) is 26.7 Å². The topological polar surface area (TPSA) is 67.1 Å². The molecule has 0 spiro atoms. The number of nitrogens with two attached hydrogens (primary N) is 1. The van der Waals surface area contributed by atoms with E-state index in [-0.39, 0.29) is 34.8 Å². The highest BCUT2D eigenvalue weighted by Crippen LogP contribution is 2.34. The molecule has 1 heterocycles. The largest absolute Gasteiger partial charge is 0.402 e. The van der Waals surface area contributed by atoms with E-state index >= 15 is 0 Å². The van der Waals surface area contributed by atoms with Crippen molar-refractivity contribution < 1.29 is 26.7 Å². The Balaban J connectivity index is 1.88. The third-order valence-electron chi connectivity index (χ3n) is 4.57. The minimum absolute atomic E-state index is 0.0286. The Morgan fingerprint density at radius 1 is 1.23 bits per heavy atom. The summed E-state index contributed by atoms with van der Waals surface area (Å²) in [5.74, 6) is -3.53. The first kappa shape index (κ1) is 21.4. The Morgan fingerprint density at radius 2 is 1.97 bits per heavy atom. The molecule has 0 saturated heterocycles. The summed E-state index contributed by atoms with van der Waals surface area (Å²) < 4.78 is 65.9. The van der Waals surface area contributed by atoms with Gasteiger partial charge in [-0.05, 0) is 37.1 Å². The van der Waals surface area contributed by atoms with Crippen LogP contribution in [-0.4, -0.2) is 12.1 Å². The molecule has 1 aliphatic heterocycles. The van der Waals surface area contributed by atoms with E-state index in [1.165, 1.54) is 37.3 Å². The van der Waals surface area contributed by atoms with Gasteiger partial charge in [-0.2, -0.15) is 13.2 Å². The summed E-state index contributed by atoms with van der Waals surface area (Å²) in [6.45, 7) is 1.51. The summed E-state index contributed by atoms with van der Waals surface area (Å²) in [6, 6.07) is 3.01. The SMILES string of the molecule is C/C(N)=C(/C=C1\NC(=O)C=C(C2=CCC(C(F)(F)F)C=C2)N1)c1ccc(F)cc1F. The molecular weight excluding hydrogens is 405 g/mol. The molecular formula is C21H18F5N3O. The zero-order valence-corrected chi connectivity index (χ0v) is 15.8. The van der Waals surface area contributed by atoms with Gasteiger partial charge in [0.2, 0.25) is 0 Å². The van der Waals surface area contributed by atoms with Gasteiger partial charge in [-0.25, -0.2) is 8.78 Å². The maximum absolute atomic E-state index is 14.2. The number of hydrogen-bond donors (Lipinski definition) is 3. The van der Waals surface area contributed by atoms with Gasteiger partial charge in [0.1, 0.15) is 17.5 Å². The number of allylic oxidation sites excluding steroid dienone is 6. The third-order valence-corrected chi connectivity index (χ3v) is 4.57. The molecule has 30 heavy (non-hydrogen) atoms. The van der Waals surface area contributed by atoms with Gasteiger partial charge in [0.25, 0.3) is 5.91 Å². The van der Waals surface area contributed by atoms with Crippen LogP contribution in [0.15, 0.2) is 71.4 Å². The number of carbonyl (C=O) groups is 1. The lowest BCUT2D eigenvalue weighted by molar-refractivity contribution is -0.160. The molecule has 2 aliphatic rings. The van der Waals surface area contributed by atoms with Crippen molar-refractivity contribution in [1.29, 1.82) is 0 Å². The van der Waals surface area contributed by atoms with Crippen LogP contribution >= 0.6 is 0 Å². The van der Waals surface area contributed by atoms with Crippen LogP contribution in [0.5, 0.6) is 0 Å². The molecule has 9 heteroatoms. The zero-order valence-electron chi connectivity index (χ0n) is 15.8. The molecule has 4 N–H and O–H groups in total. The molecule has 158 valence electrons. The number of halogens is 5.